The first kappa shape index (κ1) is 14.3. The number of anilines is 1. The number of hydrogen-bond donors (Lipinski definition) is 0. The third-order valence-electron chi connectivity index (χ3n) is 4.60. The van der Waals surface area contributed by atoms with Crippen molar-refractivity contribution in [1.82, 2.24) is 0 Å². The molecule has 0 spiro atoms. The molecule has 1 aliphatic rings. The van der Waals surface area contributed by atoms with Crippen LogP contribution in [0.15, 0.2) is 18.2 Å². The maximum Gasteiger partial charge on any atom is 0.289 e. The number of nitriles is 1. The van der Waals surface area contributed by atoms with Gasteiger partial charge in [-0.2, -0.15) is 5.26 Å². The summed E-state index contributed by atoms with van der Waals surface area (Å²) in [5.74, 6) is 0. The molecule has 106 valence electrons. The highest BCUT2D eigenvalue weighted by Crippen LogP contribution is 2.39. The van der Waals surface area contributed by atoms with Gasteiger partial charge in [0.25, 0.3) is 5.69 Å². The van der Waals surface area contributed by atoms with E-state index in [2.05, 4.69) is 18.7 Å². The fourth-order valence-electron chi connectivity index (χ4n) is 2.94. The minimum atomic E-state index is -0.481. The zero-order valence-corrected chi connectivity index (χ0v) is 11.9. The molecule has 1 aromatic rings. The van der Waals surface area contributed by atoms with E-state index in [4.69, 9.17) is 5.26 Å². The molecule has 1 aliphatic heterocycles. The van der Waals surface area contributed by atoms with E-state index in [1.807, 2.05) is 12.1 Å². The molecule has 2 rings (SSSR count). The summed E-state index contributed by atoms with van der Waals surface area (Å²) in [6.45, 7) is 6.26. The Labute approximate surface area is 119 Å². The van der Waals surface area contributed by atoms with Crippen molar-refractivity contribution in [2.24, 2.45) is 5.41 Å². The number of rotatable bonds is 4. The van der Waals surface area contributed by atoms with E-state index in [0.29, 0.717) is 5.41 Å². The van der Waals surface area contributed by atoms with Gasteiger partial charge in [0.05, 0.1) is 4.92 Å². The summed E-state index contributed by atoms with van der Waals surface area (Å²) in [6, 6.07) is 6.76. The van der Waals surface area contributed by atoms with Gasteiger partial charge in [-0.15, -0.1) is 0 Å². The smallest absolute Gasteiger partial charge is 0.289 e. The fraction of sp³-hybridized carbons (Fsp3) is 0.533. The predicted molar refractivity (Wildman–Crippen MR) is 77.7 cm³/mol. The van der Waals surface area contributed by atoms with Crippen LogP contribution in [0.5, 0.6) is 0 Å². The Morgan fingerprint density at radius 1 is 1.45 bits per heavy atom. The summed E-state index contributed by atoms with van der Waals surface area (Å²) in [4.78, 5) is 12.7. The van der Waals surface area contributed by atoms with Crippen molar-refractivity contribution in [3.8, 4) is 6.07 Å². The molecule has 0 bridgehead atoms. The highest BCUT2D eigenvalue weighted by molar-refractivity contribution is 5.60. The molecule has 1 heterocycles. The van der Waals surface area contributed by atoms with Crippen LogP contribution < -0.4 is 4.90 Å². The molecule has 0 atom stereocenters. The van der Waals surface area contributed by atoms with Gasteiger partial charge in [-0.05, 0) is 36.8 Å². The summed E-state index contributed by atoms with van der Waals surface area (Å²) < 4.78 is 0. The first-order valence-corrected chi connectivity index (χ1v) is 6.98. The molecular formula is C15H19N3O2. The zero-order chi connectivity index (χ0) is 14.8. The number of nitro groups is 1. The standard InChI is InChI=1S/C15H19N3O2/c1-3-15(4-2)7-8-17(11-15)13-6-5-12(10-16)14(9-13)18(19)20/h5-6,9H,3-4,7-8,11H2,1-2H3. The molecule has 0 radical (unpaired) electrons. The van der Waals surface area contributed by atoms with Gasteiger partial charge in [0, 0.05) is 24.8 Å². The first-order valence-electron chi connectivity index (χ1n) is 6.98. The molecule has 1 fully saturated rings. The number of hydrogen-bond acceptors (Lipinski definition) is 4. The van der Waals surface area contributed by atoms with Crippen LogP contribution in [-0.2, 0) is 0 Å². The van der Waals surface area contributed by atoms with Crippen LogP contribution in [0, 0.1) is 26.9 Å². The van der Waals surface area contributed by atoms with Crippen molar-refractivity contribution in [2.75, 3.05) is 18.0 Å². The summed E-state index contributed by atoms with van der Waals surface area (Å²) in [5.41, 5.74) is 1.19. The van der Waals surface area contributed by atoms with Crippen molar-refractivity contribution >= 4 is 11.4 Å². The Bertz CT molecular complexity index is 559. The molecular weight excluding hydrogens is 254 g/mol. The lowest BCUT2D eigenvalue weighted by Gasteiger charge is -2.27. The van der Waals surface area contributed by atoms with Crippen molar-refractivity contribution in [3.63, 3.8) is 0 Å². The molecule has 5 nitrogen and oxygen atoms in total. The molecule has 0 saturated carbocycles. The number of nitrogens with zero attached hydrogens (tertiary/aromatic N) is 3. The van der Waals surface area contributed by atoms with Gasteiger partial charge in [0.2, 0.25) is 0 Å². The maximum atomic E-state index is 11.0. The fourth-order valence-corrected chi connectivity index (χ4v) is 2.94. The lowest BCUT2D eigenvalue weighted by molar-refractivity contribution is -0.385. The molecule has 1 aromatic carbocycles. The van der Waals surface area contributed by atoms with E-state index >= 15 is 0 Å². The topological polar surface area (TPSA) is 70.2 Å². The summed E-state index contributed by atoms with van der Waals surface area (Å²) in [5, 5.41) is 19.9. The predicted octanol–water partition coefficient (Wildman–Crippen LogP) is 3.48. The van der Waals surface area contributed by atoms with Gasteiger partial charge in [-0.25, -0.2) is 0 Å². The Morgan fingerprint density at radius 2 is 2.15 bits per heavy atom. The Kier molecular flexibility index (Phi) is 3.93. The van der Waals surface area contributed by atoms with Gasteiger partial charge in [0.15, 0.2) is 0 Å². The Hall–Kier alpha value is -2.09. The normalized spacial score (nSPS) is 16.9. The van der Waals surface area contributed by atoms with Crippen LogP contribution in [0.2, 0.25) is 0 Å². The highest BCUT2D eigenvalue weighted by Gasteiger charge is 2.35. The minimum Gasteiger partial charge on any atom is -0.371 e. The van der Waals surface area contributed by atoms with Crippen LogP contribution in [-0.4, -0.2) is 18.0 Å². The largest absolute Gasteiger partial charge is 0.371 e. The Morgan fingerprint density at radius 3 is 2.65 bits per heavy atom. The van der Waals surface area contributed by atoms with Crippen LogP contribution in [0.3, 0.4) is 0 Å². The second-order valence-corrected chi connectivity index (χ2v) is 5.45. The van der Waals surface area contributed by atoms with Crippen LogP contribution in [0.1, 0.15) is 38.7 Å². The average Bonchev–Trinajstić information content (AvgIpc) is 2.91. The van der Waals surface area contributed by atoms with Gasteiger partial charge >= 0.3 is 0 Å². The van der Waals surface area contributed by atoms with Gasteiger partial charge in [-0.3, -0.25) is 10.1 Å². The van der Waals surface area contributed by atoms with Crippen LogP contribution in [0.4, 0.5) is 11.4 Å². The molecule has 0 aliphatic carbocycles. The lowest BCUT2D eigenvalue weighted by atomic mass is 9.82. The first-order chi connectivity index (χ1) is 9.55. The van der Waals surface area contributed by atoms with Crippen molar-refractivity contribution < 1.29 is 4.92 Å². The van der Waals surface area contributed by atoms with E-state index < -0.39 is 4.92 Å². The molecule has 5 heteroatoms. The highest BCUT2D eigenvalue weighted by atomic mass is 16.6. The van der Waals surface area contributed by atoms with Gasteiger partial charge in [-0.1, -0.05) is 13.8 Å². The number of nitro benzene ring substituents is 1. The van der Waals surface area contributed by atoms with E-state index in [-0.39, 0.29) is 11.3 Å². The average molecular weight is 273 g/mol. The van der Waals surface area contributed by atoms with E-state index in [1.165, 1.54) is 6.07 Å². The SMILES string of the molecule is CCC1(CC)CCN(c2ccc(C#N)c([N+](=O)[O-])c2)C1. The Balaban J connectivity index is 2.30. The number of benzene rings is 1. The van der Waals surface area contributed by atoms with Crippen LogP contribution >= 0.6 is 0 Å². The van der Waals surface area contributed by atoms with E-state index in [9.17, 15) is 10.1 Å². The van der Waals surface area contributed by atoms with Crippen molar-refractivity contribution in [2.45, 2.75) is 33.1 Å². The van der Waals surface area contributed by atoms with Gasteiger partial charge in [0.1, 0.15) is 11.6 Å². The second kappa shape index (κ2) is 5.49. The van der Waals surface area contributed by atoms with E-state index in [0.717, 1.165) is 38.0 Å². The summed E-state index contributed by atoms with van der Waals surface area (Å²) in [6.07, 6.45) is 3.37. The van der Waals surface area contributed by atoms with Crippen LogP contribution in [0.25, 0.3) is 0 Å². The molecule has 0 aromatic heterocycles. The van der Waals surface area contributed by atoms with Gasteiger partial charge < -0.3 is 4.90 Å². The summed E-state index contributed by atoms with van der Waals surface area (Å²) >= 11 is 0. The molecule has 0 amide bonds. The third kappa shape index (κ3) is 2.46. The quantitative estimate of drug-likeness (QED) is 0.622. The van der Waals surface area contributed by atoms with Crippen molar-refractivity contribution in [3.05, 3.63) is 33.9 Å². The molecule has 20 heavy (non-hydrogen) atoms. The third-order valence-corrected chi connectivity index (χ3v) is 4.60. The molecule has 0 N–H and O–H groups in total. The zero-order valence-electron chi connectivity index (χ0n) is 11.9. The second-order valence-electron chi connectivity index (χ2n) is 5.45. The van der Waals surface area contributed by atoms with Crippen molar-refractivity contribution in [1.29, 1.82) is 5.26 Å². The van der Waals surface area contributed by atoms with E-state index in [1.54, 1.807) is 6.07 Å². The lowest BCUT2D eigenvalue weighted by Crippen LogP contribution is -2.26. The molecule has 0 unspecified atom stereocenters. The minimum absolute atomic E-state index is 0.101. The molecule has 1 saturated heterocycles. The summed E-state index contributed by atoms with van der Waals surface area (Å²) in [7, 11) is 0. The monoisotopic (exact) mass is 273 g/mol. The maximum absolute atomic E-state index is 11.0.